The Morgan fingerprint density at radius 3 is 2.46 bits per heavy atom. The number of nitrogens with zero attached hydrogens (tertiary/aromatic N) is 1. The van der Waals surface area contributed by atoms with E-state index in [4.69, 9.17) is 0 Å². The van der Waals surface area contributed by atoms with Crippen LogP contribution in [-0.2, 0) is 0 Å². The van der Waals surface area contributed by atoms with E-state index in [-0.39, 0.29) is 11.3 Å². The van der Waals surface area contributed by atoms with Crippen molar-refractivity contribution in [1.29, 1.82) is 0 Å². The van der Waals surface area contributed by atoms with Crippen LogP contribution in [0.2, 0.25) is 0 Å². The smallest absolute Gasteiger partial charge is 0.336 e. The summed E-state index contributed by atoms with van der Waals surface area (Å²) in [5.41, 5.74) is 1.71. The van der Waals surface area contributed by atoms with Crippen molar-refractivity contribution in [2.24, 2.45) is 0 Å². The van der Waals surface area contributed by atoms with Crippen molar-refractivity contribution in [3.05, 3.63) is 72.3 Å². The first-order valence-electron chi connectivity index (χ1n) is 7.49. The van der Waals surface area contributed by atoms with E-state index in [2.05, 4.69) is 4.98 Å². The molecular weight excluding hydrogens is 302 g/mol. The summed E-state index contributed by atoms with van der Waals surface area (Å²) in [5.74, 6) is -0.947. The zero-order valence-electron chi connectivity index (χ0n) is 12.6. The minimum absolute atomic E-state index is 0.0708. The van der Waals surface area contributed by atoms with Crippen molar-refractivity contribution in [3.8, 4) is 17.0 Å². The fourth-order valence-electron chi connectivity index (χ4n) is 3.00. The highest BCUT2D eigenvalue weighted by atomic mass is 16.4. The average molecular weight is 315 g/mol. The predicted molar refractivity (Wildman–Crippen MR) is 93.3 cm³/mol. The third-order valence-electron chi connectivity index (χ3n) is 4.11. The number of carboxylic acids is 1. The third kappa shape index (κ3) is 2.16. The molecule has 0 aliphatic rings. The van der Waals surface area contributed by atoms with Crippen LogP contribution in [0.5, 0.6) is 5.75 Å². The highest BCUT2D eigenvalue weighted by Gasteiger charge is 2.16. The van der Waals surface area contributed by atoms with Crippen molar-refractivity contribution < 1.29 is 15.0 Å². The van der Waals surface area contributed by atoms with Gasteiger partial charge in [0.15, 0.2) is 0 Å². The van der Waals surface area contributed by atoms with Crippen LogP contribution in [0, 0.1) is 0 Å². The molecule has 0 fully saturated rings. The standard InChI is InChI=1S/C20H13NO3/c22-18-8-4-3-7-14(18)17-11-15(20(23)24)19-13-6-2-1-5-12(13)9-10-16(19)21-17/h1-11,22H,(H,23,24). The van der Waals surface area contributed by atoms with E-state index < -0.39 is 5.97 Å². The lowest BCUT2D eigenvalue weighted by atomic mass is 9.98. The Balaban J connectivity index is 2.13. The van der Waals surface area contributed by atoms with Gasteiger partial charge in [-0.05, 0) is 35.0 Å². The molecule has 2 N–H and O–H groups in total. The summed E-state index contributed by atoms with van der Waals surface area (Å²) in [6.07, 6.45) is 0. The molecule has 0 amide bonds. The second kappa shape index (κ2) is 5.35. The Kier molecular flexibility index (Phi) is 3.17. The van der Waals surface area contributed by atoms with Gasteiger partial charge in [0.05, 0.1) is 16.8 Å². The zero-order valence-corrected chi connectivity index (χ0v) is 12.6. The van der Waals surface area contributed by atoms with Gasteiger partial charge in [-0.25, -0.2) is 9.78 Å². The van der Waals surface area contributed by atoms with Gasteiger partial charge in [-0.1, -0.05) is 42.5 Å². The molecule has 0 atom stereocenters. The van der Waals surface area contributed by atoms with Crippen LogP contribution in [0.1, 0.15) is 10.4 Å². The number of para-hydroxylation sites is 1. The molecule has 116 valence electrons. The Hall–Kier alpha value is -3.40. The Morgan fingerprint density at radius 2 is 1.67 bits per heavy atom. The molecule has 3 aromatic carbocycles. The Bertz CT molecular complexity index is 1100. The SMILES string of the molecule is O=C(O)c1cc(-c2ccccc2O)nc2ccc3ccccc3c12. The number of hydrogen-bond donors (Lipinski definition) is 2. The number of fused-ring (bicyclic) bond motifs is 3. The molecule has 0 radical (unpaired) electrons. The number of carbonyl (C=O) groups is 1. The lowest BCUT2D eigenvalue weighted by molar-refractivity contribution is 0.0699. The lowest BCUT2D eigenvalue weighted by Gasteiger charge is -2.10. The Morgan fingerprint density at radius 1 is 0.917 bits per heavy atom. The van der Waals surface area contributed by atoms with Crippen LogP contribution in [0.25, 0.3) is 32.9 Å². The van der Waals surface area contributed by atoms with Crippen molar-refractivity contribution in [2.75, 3.05) is 0 Å². The van der Waals surface area contributed by atoms with Crippen LogP contribution in [0.15, 0.2) is 66.7 Å². The van der Waals surface area contributed by atoms with Gasteiger partial charge >= 0.3 is 5.97 Å². The molecule has 1 heterocycles. The van der Waals surface area contributed by atoms with Crippen LogP contribution in [0.3, 0.4) is 0 Å². The average Bonchev–Trinajstić information content (AvgIpc) is 2.61. The largest absolute Gasteiger partial charge is 0.507 e. The normalized spacial score (nSPS) is 11.0. The second-order valence-electron chi connectivity index (χ2n) is 5.56. The first kappa shape index (κ1) is 14.2. The first-order chi connectivity index (χ1) is 11.6. The highest BCUT2D eigenvalue weighted by molar-refractivity contribution is 6.15. The number of aromatic carboxylic acids is 1. The molecule has 4 rings (SSSR count). The van der Waals surface area contributed by atoms with Crippen LogP contribution >= 0.6 is 0 Å². The van der Waals surface area contributed by atoms with E-state index in [0.29, 0.717) is 22.2 Å². The fourth-order valence-corrected chi connectivity index (χ4v) is 3.00. The van der Waals surface area contributed by atoms with E-state index in [1.807, 2.05) is 36.4 Å². The van der Waals surface area contributed by atoms with Gasteiger partial charge in [-0.3, -0.25) is 0 Å². The molecule has 0 saturated heterocycles. The molecule has 4 aromatic rings. The van der Waals surface area contributed by atoms with E-state index in [0.717, 1.165) is 10.8 Å². The van der Waals surface area contributed by atoms with Crippen molar-refractivity contribution >= 4 is 27.6 Å². The summed E-state index contributed by atoms with van der Waals surface area (Å²) in [6.45, 7) is 0. The molecule has 0 unspecified atom stereocenters. The predicted octanol–water partition coefficient (Wildman–Crippen LogP) is 4.46. The maximum absolute atomic E-state index is 11.8. The molecule has 0 aliphatic carbocycles. The van der Waals surface area contributed by atoms with Gasteiger partial charge in [0.1, 0.15) is 5.75 Å². The third-order valence-corrected chi connectivity index (χ3v) is 4.11. The number of phenolic OH excluding ortho intramolecular Hbond substituents is 1. The number of rotatable bonds is 2. The number of benzene rings is 3. The van der Waals surface area contributed by atoms with Gasteiger partial charge in [0.25, 0.3) is 0 Å². The number of carboxylic acid groups (broad SMARTS) is 1. The number of pyridine rings is 1. The van der Waals surface area contributed by atoms with Gasteiger partial charge < -0.3 is 10.2 Å². The summed E-state index contributed by atoms with van der Waals surface area (Å²) in [7, 11) is 0. The van der Waals surface area contributed by atoms with Gasteiger partial charge in [-0.2, -0.15) is 0 Å². The molecule has 24 heavy (non-hydrogen) atoms. The van der Waals surface area contributed by atoms with Crippen LogP contribution in [0.4, 0.5) is 0 Å². The van der Waals surface area contributed by atoms with E-state index in [1.54, 1.807) is 24.3 Å². The van der Waals surface area contributed by atoms with Crippen LogP contribution in [-0.4, -0.2) is 21.2 Å². The summed E-state index contributed by atoms with van der Waals surface area (Å²) < 4.78 is 0. The molecular formula is C20H13NO3. The minimum atomic E-state index is -1.02. The highest BCUT2D eigenvalue weighted by Crippen LogP contribution is 2.33. The van der Waals surface area contributed by atoms with Crippen molar-refractivity contribution in [3.63, 3.8) is 0 Å². The molecule has 4 heteroatoms. The molecule has 0 spiro atoms. The van der Waals surface area contributed by atoms with E-state index in [1.165, 1.54) is 6.07 Å². The number of phenols is 1. The van der Waals surface area contributed by atoms with E-state index >= 15 is 0 Å². The van der Waals surface area contributed by atoms with Gasteiger partial charge in [-0.15, -0.1) is 0 Å². The molecule has 1 aromatic heterocycles. The quantitative estimate of drug-likeness (QED) is 0.536. The number of aromatic hydroxyl groups is 1. The monoisotopic (exact) mass is 315 g/mol. The van der Waals surface area contributed by atoms with Gasteiger partial charge in [0.2, 0.25) is 0 Å². The fraction of sp³-hybridized carbons (Fsp3) is 0. The maximum Gasteiger partial charge on any atom is 0.336 e. The van der Waals surface area contributed by atoms with Crippen LogP contribution < -0.4 is 0 Å². The zero-order chi connectivity index (χ0) is 16.7. The maximum atomic E-state index is 11.8. The molecule has 0 saturated carbocycles. The van der Waals surface area contributed by atoms with Crippen molar-refractivity contribution in [2.45, 2.75) is 0 Å². The van der Waals surface area contributed by atoms with Crippen molar-refractivity contribution in [1.82, 2.24) is 4.98 Å². The summed E-state index contributed by atoms with van der Waals surface area (Å²) in [6, 6.07) is 19.7. The summed E-state index contributed by atoms with van der Waals surface area (Å²) in [5, 5.41) is 22.2. The first-order valence-corrected chi connectivity index (χ1v) is 7.49. The second-order valence-corrected chi connectivity index (χ2v) is 5.56. The van der Waals surface area contributed by atoms with Gasteiger partial charge in [0, 0.05) is 10.9 Å². The molecule has 0 aliphatic heterocycles. The molecule has 0 bridgehead atoms. The summed E-state index contributed by atoms with van der Waals surface area (Å²) >= 11 is 0. The Labute approximate surface area is 137 Å². The number of hydrogen-bond acceptors (Lipinski definition) is 3. The molecule has 4 nitrogen and oxygen atoms in total. The minimum Gasteiger partial charge on any atom is -0.507 e. The summed E-state index contributed by atoms with van der Waals surface area (Å²) in [4.78, 5) is 16.4. The number of aromatic nitrogens is 1. The van der Waals surface area contributed by atoms with E-state index in [9.17, 15) is 15.0 Å². The topological polar surface area (TPSA) is 70.4 Å². The lowest BCUT2D eigenvalue weighted by Crippen LogP contribution is -2.01.